The van der Waals surface area contributed by atoms with E-state index >= 15 is 0 Å². The molecule has 0 radical (unpaired) electrons. The van der Waals surface area contributed by atoms with Crippen LogP contribution in [-0.4, -0.2) is 43.7 Å². The van der Waals surface area contributed by atoms with E-state index in [4.69, 9.17) is 10.6 Å². The van der Waals surface area contributed by atoms with Gasteiger partial charge in [-0.3, -0.25) is 5.43 Å². The molecule has 1 aliphatic rings. The Kier molecular flexibility index (Phi) is 5.55. The lowest BCUT2D eigenvalue weighted by molar-refractivity contribution is 0.207. The van der Waals surface area contributed by atoms with Gasteiger partial charge >= 0.3 is 0 Å². The number of rotatable bonds is 6. The van der Waals surface area contributed by atoms with Crippen LogP contribution in [0.25, 0.3) is 0 Å². The van der Waals surface area contributed by atoms with Crippen molar-refractivity contribution in [3.63, 3.8) is 0 Å². The smallest absolute Gasteiger partial charge is 0.208 e. The molecular weight excluding hydrogens is 204 g/mol. The summed E-state index contributed by atoms with van der Waals surface area (Å²) in [7, 11) is 1.68. The van der Waals surface area contributed by atoms with Crippen molar-refractivity contribution in [3.05, 3.63) is 0 Å². The lowest BCUT2D eigenvalue weighted by Gasteiger charge is -2.27. The summed E-state index contributed by atoms with van der Waals surface area (Å²) in [6, 6.07) is 0.625. The molecular formula is C11H24N4O. The average molecular weight is 228 g/mol. The number of nitrogens with one attached hydrogen (secondary N) is 1. The molecule has 0 bridgehead atoms. The highest BCUT2D eigenvalue weighted by atomic mass is 16.5. The summed E-state index contributed by atoms with van der Waals surface area (Å²) in [5.74, 6) is 6.95. The van der Waals surface area contributed by atoms with Crippen LogP contribution in [0.5, 0.6) is 0 Å². The zero-order chi connectivity index (χ0) is 12.0. The number of nitrogens with two attached hydrogens (primary N) is 1. The molecule has 94 valence electrons. The van der Waals surface area contributed by atoms with Crippen LogP contribution in [-0.2, 0) is 4.74 Å². The first-order valence-electron chi connectivity index (χ1n) is 5.95. The van der Waals surface area contributed by atoms with Crippen LogP contribution in [0.3, 0.4) is 0 Å². The molecule has 0 unspecified atom stereocenters. The third-order valence-corrected chi connectivity index (χ3v) is 2.51. The Morgan fingerprint density at radius 1 is 1.56 bits per heavy atom. The van der Waals surface area contributed by atoms with Crippen molar-refractivity contribution in [3.8, 4) is 0 Å². The molecule has 0 spiro atoms. The van der Waals surface area contributed by atoms with Gasteiger partial charge in [0.25, 0.3) is 0 Å². The zero-order valence-corrected chi connectivity index (χ0v) is 10.6. The normalized spacial score (nSPS) is 16.7. The van der Waals surface area contributed by atoms with Crippen LogP contribution in [0.2, 0.25) is 0 Å². The first-order chi connectivity index (χ1) is 7.69. The monoisotopic (exact) mass is 228 g/mol. The fourth-order valence-electron chi connectivity index (χ4n) is 1.65. The fraction of sp³-hybridized carbons (Fsp3) is 0.909. The molecule has 5 heteroatoms. The topological polar surface area (TPSA) is 62.9 Å². The van der Waals surface area contributed by atoms with E-state index in [0.717, 1.165) is 12.5 Å². The lowest BCUT2D eigenvalue weighted by atomic mass is 10.2. The van der Waals surface area contributed by atoms with Gasteiger partial charge in [0, 0.05) is 19.7 Å². The summed E-state index contributed by atoms with van der Waals surface area (Å²) in [6.45, 7) is 6.70. The molecule has 0 aliphatic heterocycles. The van der Waals surface area contributed by atoms with Crippen molar-refractivity contribution in [2.24, 2.45) is 16.8 Å². The van der Waals surface area contributed by atoms with E-state index in [9.17, 15) is 0 Å². The Labute approximate surface area is 98.0 Å². The van der Waals surface area contributed by atoms with Crippen molar-refractivity contribution in [1.29, 1.82) is 0 Å². The van der Waals surface area contributed by atoms with E-state index in [2.05, 4.69) is 29.2 Å². The van der Waals surface area contributed by atoms with Crippen molar-refractivity contribution in [1.82, 2.24) is 10.3 Å². The second-order valence-corrected chi connectivity index (χ2v) is 4.62. The predicted molar refractivity (Wildman–Crippen MR) is 66.1 cm³/mol. The Bertz CT molecular complexity index is 226. The van der Waals surface area contributed by atoms with E-state index < -0.39 is 0 Å². The minimum absolute atomic E-state index is 0.613. The molecule has 16 heavy (non-hydrogen) atoms. The first-order valence-corrected chi connectivity index (χ1v) is 5.95. The maximum absolute atomic E-state index is 5.53. The standard InChI is InChI=1S/C11H24N4O/c1-9(2)8-15(10-4-5-10)11(14-12)13-6-7-16-3/h9-10H,4-8,12H2,1-3H3,(H,13,14). The number of aliphatic imine (C=N–C) groups is 1. The Balaban J connectivity index is 2.54. The number of ether oxygens (including phenoxy) is 1. The van der Waals surface area contributed by atoms with Gasteiger partial charge in [0.1, 0.15) is 0 Å². The Morgan fingerprint density at radius 2 is 2.25 bits per heavy atom. The highest BCUT2D eigenvalue weighted by Gasteiger charge is 2.31. The highest BCUT2D eigenvalue weighted by Crippen LogP contribution is 2.27. The molecule has 0 aromatic rings. The summed E-state index contributed by atoms with van der Waals surface area (Å²) in [6.07, 6.45) is 2.50. The SMILES string of the molecule is COCCN=C(NN)N(CC(C)C)C1CC1. The third kappa shape index (κ3) is 4.37. The molecule has 1 aliphatic carbocycles. The lowest BCUT2D eigenvalue weighted by Crippen LogP contribution is -2.47. The minimum Gasteiger partial charge on any atom is -0.383 e. The number of nitrogens with zero attached hydrogens (tertiary/aromatic N) is 2. The Morgan fingerprint density at radius 3 is 2.69 bits per heavy atom. The summed E-state index contributed by atoms with van der Waals surface area (Å²) in [5.41, 5.74) is 2.71. The van der Waals surface area contributed by atoms with Gasteiger partial charge in [-0.1, -0.05) is 13.8 Å². The van der Waals surface area contributed by atoms with E-state index in [1.54, 1.807) is 7.11 Å². The molecule has 0 aromatic carbocycles. The largest absolute Gasteiger partial charge is 0.383 e. The van der Waals surface area contributed by atoms with Crippen LogP contribution >= 0.6 is 0 Å². The van der Waals surface area contributed by atoms with Crippen molar-refractivity contribution in [2.75, 3.05) is 26.8 Å². The average Bonchev–Trinajstić information content (AvgIpc) is 3.05. The molecule has 1 saturated carbocycles. The number of hydrogen-bond acceptors (Lipinski definition) is 3. The molecule has 0 aromatic heterocycles. The van der Waals surface area contributed by atoms with Crippen molar-refractivity contribution in [2.45, 2.75) is 32.7 Å². The number of guanidine groups is 1. The van der Waals surface area contributed by atoms with Gasteiger partial charge in [-0.05, 0) is 18.8 Å². The van der Waals surface area contributed by atoms with Crippen molar-refractivity contribution >= 4 is 5.96 Å². The predicted octanol–water partition coefficient (Wildman–Crippen LogP) is 0.573. The molecule has 1 fully saturated rings. The maximum atomic E-state index is 5.53. The number of hydrogen-bond donors (Lipinski definition) is 2. The number of hydrazine groups is 1. The summed E-state index contributed by atoms with van der Waals surface area (Å²) >= 11 is 0. The van der Waals surface area contributed by atoms with E-state index in [1.807, 2.05) is 0 Å². The van der Waals surface area contributed by atoms with E-state index in [1.165, 1.54) is 12.8 Å². The molecule has 0 amide bonds. The fourth-order valence-corrected chi connectivity index (χ4v) is 1.65. The van der Waals surface area contributed by atoms with Gasteiger partial charge in [-0.25, -0.2) is 10.8 Å². The van der Waals surface area contributed by atoms with E-state index in [-0.39, 0.29) is 0 Å². The van der Waals surface area contributed by atoms with Gasteiger partial charge in [-0.15, -0.1) is 0 Å². The molecule has 5 nitrogen and oxygen atoms in total. The van der Waals surface area contributed by atoms with Crippen molar-refractivity contribution < 1.29 is 4.74 Å². The van der Waals surface area contributed by atoms with Gasteiger partial charge in [0.2, 0.25) is 5.96 Å². The van der Waals surface area contributed by atoms with Crippen LogP contribution in [0.1, 0.15) is 26.7 Å². The van der Waals surface area contributed by atoms with Gasteiger partial charge in [-0.2, -0.15) is 0 Å². The second kappa shape index (κ2) is 6.70. The molecule has 0 atom stereocenters. The summed E-state index contributed by atoms with van der Waals surface area (Å²) in [5, 5.41) is 0. The van der Waals surface area contributed by atoms with E-state index in [0.29, 0.717) is 25.1 Å². The first kappa shape index (κ1) is 13.3. The third-order valence-electron chi connectivity index (χ3n) is 2.51. The van der Waals surface area contributed by atoms with Crippen LogP contribution < -0.4 is 11.3 Å². The molecule has 0 saturated heterocycles. The second-order valence-electron chi connectivity index (χ2n) is 4.62. The minimum atomic E-state index is 0.613. The van der Waals surface area contributed by atoms with Gasteiger partial charge < -0.3 is 9.64 Å². The molecule has 0 heterocycles. The Hall–Kier alpha value is -0.810. The summed E-state index contributed by atoms with van der Waals surface area (Å²) in [4.78, 5) is 6.71. The highest BCUT2D eigenvalue weighted by molar-refractivity contribution is 5.80. The zero-order valence-electron chi connectivity index (χ0n) is 10.6. The molecule has 1 rings (SSSR count). The van der Waals surface area contributed by atoms with Crippen LogP contribution in [0.15, 0.2) is 4.99 Å². The quantitative estimate of drug-likeness (QED) is 0.229. The van der Waals surface area contributed by atoms with Gasteiger partial charge in [0.05, 0.1) is 13.2 Å². The van der Waals surface area contributed by atoms with Crippen LogP contribution in [0.4, 0.5) is 0 Å². The molecule has 3 N–H and O–H groups in total. The number of methoxy groups -OCH3 is 1. The summed E-state index contributed by atoms with van der Waals surface area (Å²) < 4.78 is 4.98. The van der Waals surface area contributed by atoms with Crippen LogP contribution in [0, 0.1) is 5.92 Å². The van der Waals surface area contributed by atoms with Gasteiger partial charge in [0.15, 0.2) is 0 Å². The maximum Gasteiger partial charge on any atom is 0.208 e.